The minimum atomic E-state index is -0.733. The molecule has 0 unspecified atom stereocenters. The van der Waals surface area contributed by atoms with Crippen LogP contribution >= 0.6 is 0 Å². The average molecular weight is 260 g/mol. The van der Waals surface area contributed by atoms with Gasteiger partial charge in [0.15, 0.2) is 0 Å². The lowest BCUT2D eigenvalue weighted by Crippen LogP contribution is -2.01. The molecule has 0 heterocycles. The van der Waals surface area contributed by atoms with Crippen LogP contribution in [0, 0.1) is 0 Å². The lowest BCUT2D eigenvalue weighted by molar-refractivity contribution is 0.223. The summed E-state index contributed by atoms with van der Waals surface area (Å²) in [4.78, 5) is 0. The van der Waals surface area contributed by atoms with Gasteiger partial charge in [0, 0.05) is 5.56 Å². The minimum absolute atomic E-state index is 0.617. The van der Waals surface area contributed by atoms with Crippen LogP contribution in [0.15, 0.2) is 79.4 Å². The van der Waals surface area contributed by atoms with Gasteiger partial charge in [-0.1, -0.05) is 67.8 Å². The molecule has 0 spiro atoms. The van der Waals surface area contributed by atoms with Crippen LogP contribution in [0.4, 0.5) is 0 Å². The number of benzene rings is 3. The normalized spacial score (nSPS) is 12.4. The van der Waals surface area contributed by atoms with Crippen LogP contribution in [0.25, 0.3) is 21.5 Å². The van der Waals surface area contributed by atoms with E-state index >= 15 is 0 Å². The van der Waals surface area contributed by atoms with E-state index in [2.05, 4.69) is 31.4 Å². The van der Waals surface area contributed by atoms with E-state index in [1.165, 1.54) is 0 Å². The van der Waals surface area contributed by atoms with Crippen molar-refractivity contribution in [1.82, 2.24) is 0 Å². The summed E-state index contributed by atoms with van der Waals surface area (Å²) in [5.74, 6) is 0. The molecule has 0 saturated heterocycles. The van der Waals surface area contributed by atoms with Crippen LogP contribution in [0.2, 0.25) is 0 Å². The molecule has 3 aromatic carbocycles. The Morgan fingerprint density at radius 2 is 1.45 bits per heavy atom. The fraction of sp³-hybridized carbons (Fsp3) is 0.0526. The lowest BCUT2D eigenvalue weighted by Gasteiger charge is -2.17. The topological polar surface area (TPSA) is 20.2 Å². The van der Waals surface area contributed by atoms with Gasteiger partial charge in [-0.15, -0.1) is 0 Å². The summed E-state index contributed by atoms with van der Waals surface area (Å²) in [6, 6.07) is 18.4. The van der Waals surface area contributed by atoms with Crippen LogP contribution in [0.1, 0.15) is 11.7 Å². The highest BCUT2D eigenvalue weighted by atomic mass is 16.3. The van der Waals surface area contributed by atoms with Crippen molar-refractivity contribution in [2.24, 2.45) is 0 Å². The van der Waals surface area contributed by atoms with Crippen molar-refractivity contribution in [2.45, 2.75) is 6.10 Å². The summed E-state index contributed by atoms with van der Waals surface area (Å²) < 4.78 is 0. The van der Waals surface area contributed by atoms with Crippen LogP contribution < -0.4 is 0 Å². The number of rotatable bonds is 3. The van der Waals surface area contributed by atoms with Crippen molar-refractivity contribution in [3.05, 3.63) is 85.0 Å². The zero-order chi connectivity index (χ0) is 14.1. The van der Waals surface area contributed by atoms with E-state index in [1.54, 1.807) is 6.08 Å². The summed E-state index contributed by atoms with van der Waals surface area (Å²) in [5.41, 5.74) is 1.52. The summed E-state index contributed by atoms with van der Waals surface area (Å²) in [6.45, 7) is 7.60. The van der Waals surface area contributed by atoms with E-state index in [0.717, 1.165) is 27.1 Å². The maximum Gasteiger partial charge on any atom is 0.105 e. The van der Waals surface area contributed by atoms with E-state index in [0.29, 0.717) is 5.57 Å². The van der Waals surface area contributed by atoms with E-state index in [1.807, 2.05) is 36.4 Å². The first-order valence-corrected chi connectivity index (χ1v) is 6.62. The molecule has 1 nitrogen and oxygen atoms in total. The van der Waals surface area contributed by atoms with Crippen molar-refractivity contribution >= 4 is 21.5 Å². The van der Waals surface area contributed by atoms with E-state index in [4.69, 9.17) is 0 Å². The third kappa shape index (κ3) is 1.93. The predicted octanol–water partition coefficient (Wildman–Crippen LogP) is 4.77. The number of aliphatic hydroxyl groups excluding tert-OH is 1. The van der Waals surface area contributed by atoms with Crippen molar-refractivity contribution in [3.8, 4) is 0 Å². The fourth-order valence-electron chi connectivity index (χ4n) is 2.64. The fourth-order valence-corrected chi connectivity index (χ4v) is 2.64. The highest BCUT2D eigenvalue weighted by molar-refractivity contribution is 6.02. The van der Waals surface area contributed by atoms with Gasteiger partial charge in [-0.25, -0.2) is 0 Å². The second-order valence-corrected chi connectivity index (χ2v) is 4.91. The Balaban J connectivity index is 2.45. The van der Waals surface area contributed by atoms with Gasteiger partial charge in [-0.05, 0) is 33.2 Å². The van der Waals surface area contributed by atoms with Crippen LogP contribution in [-0.4, -0.2) is 5.11 Å². The molecule has 3 rings (SSSR count). The second-order valence-electron chi connectivity index (χ2n) is 4.91. The zero-order valence-corrected chi connectivity index (χ0v) is 11.2. The standard InChI is InChI=1S/C19H16O/c1-3-13(2)19(20)18-16-10-6-4-8-14(16)12-15-9-5-7-11-17(15)18/h3-12,19-20H,1-2H2/t19-/m1/s1. The average Bonchev–Trinajstić information content (AvgIpc) is 2.51. The molecule has 3 aromatic rings. The molecule has 0 bridgehead atoms. The first kappa shape index (κ1) is 12.6. The maximum atomic E-state index is 10.6. The summed E-state index contributed by atoms with van der Waals surface area (Å²) >= 11 is 0. The van der Waals surface area contributed by atoms with Gasteiger partial charge >= 0.3 is 0 Å². The molecule has 0 saturated carbocycles. The molecule has 0 aliphatic heterocycles. The lowest BCUT2D eigenvalue weighted by atomic mass is 9.91. The van der Waals surface area contributed by atoms with Crippen LogP contribution in [-0.2, 0) is 0 Å². The van der Waals surface area contributed by atoms with Crippen molar-refractivity contribution < 1.29 is 5.11 Å². The quantitative estimate of drug-likeness (QED) is 0.531. The SMILES string of the molecule is C=CC(=C)[C@@H](O)c1c2ccccc2cc2ccccc12. The largest absolute Gasteiger partial charge is 0.384 e. The maximum absolute atomic E-state index is 10.6. The highest BCUT2D eigenvalue weighted by Crippen LogP contribution is 2.35. The van der Waals surface area contributed by atoms with Crippen LogP contribution in [0.5, 0.6) is 0 Å². The minimum Gasteiger partial charge on any atom is -0.384 e. The Hall–Kier alpha value is -2.38. The molecule has 0 amide bonds. The van der Waals surface area contributed by atoms with E-state index in [9.17, 15) is 5.11 Å². The molecule has 0 radical (unpaired) electrons. The molecular formula is C19H16O. The molecule has 0 fully saturated rings. The van der Waals surface area contributed by atoms with Crippen LogP contribution in [0.3, 0.4) is 0 Å². The Morgan fingerprint density at radius 1 is 0.950 bits per heavy atom. The highest BCUT2D eigenvalue weighted by Gasteiger charge is 2.16. The van der Waals surface area contributed by atoms with Gasteiger partial charge in [-0.2, -0.15) is 0 Å². The molecule has 1 heteroatoms. The van der Waals surface area contributed by atoms with Gasteiger partial charge in [0.25, 0.3) is 0 Å². The Morgan fingerprint density at radius 3 is 1.95 bits per heavy atom. The van der Waals surface area contributed by atoms with Gasteiger partial charge in [0.2, 0.25) is 0 Å². The van der Waals surface area contributed by atoms with Gasteiger partial charge in [0.1, 0.15) is 6.10 Å². The molecular weight excluding hydrogens is 244 g/mol. The third-order valence-electron chi connectivity index (χ3n) is 3.70. The van der Waals surface area contributed by atoms with Crippen molar-refractivity contribution in [1.29, 1.82) is 0 Å². The number of aliphatic hydroxyl groups is 1. The number of hydrogen-bond acceptors (Lipinski definition) is 1. The monoisotopic (exact) mass is 260 g/mol. The molecule has 20 heavy (non-hydrogen) atoms. The Kier molecular flexibility index (Phi) is 3.13. The van der Waals surface area contributed by atoms with Crippen molar-refractivity contribution in [3.63, 3.8) is 0 Å². The van der Waals surface area contributed by atoms with Gasteiger partial charge in [0.05, 0.1) is 0 Å². The van der Waals surface area contributed by atoms with E-state index < -0.39 is 6.10 Å². The van der Waals surface area contributed by atoms with E-state index in [-0.39, 0.29) is 0 Å². The summed E-state index contributed by atoms with van der Waals surface area (Å²) in [6.07, 6.45) is 0.879. The summed E-state index contributed by atoms with van der Waals surface area (Å²) in [7, 11) is 0. The number of hydrogen-bond donors (Lipinski definition) is 1. The summed E-state index contributed by atoms with van der Waals surface area (Å²) in [5, 5.41) is 15.0. The molecule has 1 N–H and O–H groups in total. The molecule has 0 aliphatic rings. The predicted molar refractivity (Wildman–Crippen MR) is 85.8 cm³/mol. The third-order valence-corrected chi connectivity index (χ3v) is 3.70. The number of fused-ring (bicyclic) bond motifs is 2. The molecule has 0 aromatic heterocycles. The Labute approximate surface area is 118 Å². The Bertz CT molecular complexity index is 760. The van der Waals surface area contributed by atoms with Gasteiger partial charge in [-0.3, -0.25) is 0 Å². The molecule has 98 valence electrons. The van der Waals surface area contributed by atoms with Crippen molar-refractivity contribution in [2.75, 3.05) is 0 Å². The molecule has 0 aliphatic carbocycles. The zero-order valence-electron chi connectivity index (χ0n) is 11.2. The smallest absolute Gasteiger partial charge is 0.105 e. The second kappa shape index (κ2) is 4.95. The molecule has 1 atom stereocenters. The first-order chi connectivity index (χ1) is 9.72. The van der Waals surface area contributed by atoms with Gasteiger partial charge < -0.3 is 5.11 Å². The first-order valence-electron chi connectivity index (χ1n) is 6.62.